The summed E-state index contributed by atoms with van der Waals surface area (Å²) in [5.41, 5.74) is -0.0414. The maximum atomic E-state index is 5.20. The zero-order chi connectivity index (χ0) is 13.0. The second-order valence-electron chi connectivity index (χ2n) is 5.96. The number of anilines is 1. The van der Waals surface area contributed by atoms with E-state index in [9.17, 15) is 0 Å². The standard InChI is InChI=1S/C13H23N3OS/c1-13(2,3)15-12-14-11(16-17-12)9-18-10-7-5-4-6-8-10/h10H,4-9H2,1-3H3,(H,14,15,16). The molecule has 1 aromatic rings. The van der Waals surface area contributed by atoms with Gasteiger partial charge in [-0.2, -0.15) is 16.7 Å². The maximum Gasteiger partial charge on any atom is 0.321 e. The van der Waals surface area contributed by atoms with Crippen LogP contribution in [0.5, 0.6) is 0 Å². The summed E-state index contributed by atoms with van der Waals surface area (Å²) in [7, 11) is 0. The molecule has 0 radical (unpaired) electrons. The van der Waals surface area contributed by atoms with Crippen molar-refractivity contribution in [3.63, 3.8) is 0 Å². The number of nitrogens with zero attached hydrogens (tertiary/aromatic N) is 2. The minimum Gasteiger partial charge on any atom is -0.333 e. The molecular weight excluding hydrogens is 246 g/mol. The van der Waals surface area contributed by atoms with Gasteiger partial charge in [0.15, 0.2) is 5.82 Å². The molecule has 18 heavy (non-hydrogen) atoms. The summed E-state index contributed by atoms with van der Waals surface area (Å²) >= 11 is 1.97. The summed E-state index contributed by atoms with van der Waals surface area (Å²) in [5, 5.41) is 7.99. The second kappa shape index (κ2) is 5.95. The van der Waals surface area contributed by atoms with Gasteiger partial charge in [-0.3, -0.25) is 0 Å². The van der Waals surface area contributed by atoms with Crippen LogP contribution in [-0.4, -0.2) is 20.9 Å². The molecule has 102 valence electrons. The number of aromatic nitrogens is 2. The number of nitrogens with one attached hydrogen (secondary N) is 1. The lowest BCUT2D eigenvalue weighted by Crippen LogP contribution is -2.26. The summed E-state index contributed by atoms with van der Waals surface area (Å²) in [5.74, 6) is 1.66. The van der Waals surface area contributed by atoms with Crippen molar-refractivity contribution in [1.82, 2.24) is 10.1 Å². The van der Waals surface area contributed by atoms with Crippen molar-refractivity contribution >= 4 is 17.8 Å². The molecule has 5 heteroatoms. The molecule has 0 saturated heterocycles. The van der Waals surface area contributed by atoms with Crippen LogP contribution < -0.4 is 5.32 Å². The molecular formula is C13H23N3OS. The molecule has 1 aliphatic rings. The van der Waals surface area contributed by atoms with E-state index in [0.717, 1.165) is 16.8 Å². The van der Waals surface area contributed by atoms with Crippen molar-refractivity contribution in [2.75, 3.05) is 5.32 Å². The van der Waals surface area contributed by atoms with E-state index >= 15 is 0 Å². The van der Waals surface area contributed by atoms with Crippen LogP contribution in [0.1, 0.15) is 58.7 Å². The zero-order valence-electron chi connectivity index (χ0n) is 11.5. The summed E-state index contributed by atoms with van der Waals surface area (Å²) in [6, 6.07) is 0.529. The molecule has 1 fully saturated rings. The van der Waals surface area contributed by atoms with Crippen LogP contribution >= 0.6 is 11.8 Å². The van der Waals surface area contributed by atoms with Gasteiger partial charge in [0.1, 0.15) is 0 Å². The van der Waals surface area contributed by atoms with Crippen molar-refractivity contribution < 1.29 is 4.52 Å². The fourth-order valence-electron chi connectivity index (χ4n) is 2.11. The number of hydrogen-bond acceptors (Lipinski definition) is 5. The predicted molar refractivity (Wildman–Crippen MR) is 75.8 cm³/mol. The van der Waals surface area contributed by atoms with E-state index < -0.39 is 0 Å². The predicted octanol–water partition coefficient (Wildman–Crippen LogP) is 3.85. The normalized spacial score (nSPS) is 17.9. The highest BCUT2D eigenvalue weighted by atomic mass is 32.2. The third-order valence-corrected chi connectivity index (χ3v) is 4.32. The Morgan fingerprint density at radius 3 is 2.67 bits per heavy atom. The van der Waals surface area contributed by atoms with Gasteiger partial charge in [0, 0.05) is 10.8 Å². The van der Waals surface area contributed by atoms with E-state index in [-0.39, 0.29) is 5.54 Å². The van der Waals surface area contributed by atoms with Crippen molar-refractivity contribution in [3.05, 3.63) is 5.82 Å². The van der Waals surface area contributed by atoms with Crippen molar-refractivity contribution in [3.8, 4) is 0 Å². The lowest BCUT2D eigenvalue weighted by Gasteiger charge is -2.20. The Hall–Kier alpha value is -0.710. The Balaban J connectivity index is 1.79. The van der Waals surface area contributed by atoms with E-state index in [1.807, 2.05) is 11.8 Å². The van der Waals surface area contributed by atoms with Crippen molar-refractivity contribution in [2.24, 2.45) is 0 Å². The van der Waals surface area contributed by atoms with Gasteiger partial charge in [-0.25, -0.2) is 0 Å². The monoisotopic (exact) mass is 269 g/mol. The fraction of sp³-hybridized carbons (Fsp3) is 0.846. The van der Waals surface area contributed by atoms with Gasteiger partial charge in [-0.1, -0.05) is 24.4 Å². The number of hydrogen-bond donors (Lipinski definition) is 1. The molecule has 0 amide bonds. The Morgan fingerprint density at radius 2 is 2.00 bits per heavy atom. The van der Waals surface area contributed by atoms with Gasteiger partial charge >= 0.3 is 6.01 Å². The Labute approximate surface area is 113 Å². The quantitative estimate of drug-likeness (QED) is 0.899. The van der Waals surface area contributed by atoms with E-state index in [0.29, 0.717) is 6.01 Å². The third-order valence-electron chi connectivity index (χ3n) is 2.95. The Morgan fingerprint density at radius 1 is 1.28 bits per heavy atom. The van der Waals surface area contributed by atoms with Crippen LogP contribution in [0.15, 0.2) is 4.52 Å². The third kappa shape index (κ3) is 4.52. The number of rotatable bonds is 4. The molecule has 1 N–H and O–H groups in total. The van der Waals surface area contributed by atoms with E-state index in [1.165, 1.54) is 32.1 Å². The average molecular weight is 269 g/mol. The van der Waals surface area contributed by atoms with Crippen molar-refractivity contribution in [1.29, 1.82) is 0 Å². The van der Waals surface area contributed by atoms with Crippen LogP contribution in [0.4, 0.5) is 6.01 Å². The Bertz CT molecular complexity index is 367. The molecule has 0 spiro atoms. The second-order valence-corrected chi connectivity index (χ2v) is 7.25. The highest BCUT2D eigenvalue weighted by Gasteiger charge is 2.17. The smallest absolute Gasteiger partial charge is 0.321 e. The first-order valence-electron chi connectivity index (χ1n) is 6.75. The molecule has 1 heterocycles. The minimum atomic E-state index is -0.0414. The number of thioether (sulfide) groups is 1. The molecule has 2 rings (SSSR count). The highest BCUT2D eigenvalue weighted by Crippen LogP contribution is 2.30. The van der Waals surface area contributed by atoms with Gasteiger partial charge in [0.25, 0.3) is 0 Å². The topological polar surface area (TPSA) is 51.0 Å². The summed E-state index contributed by atoms with van der Waals surface area (Å²) in [6.07, 6.45) is 6.84. The summed E-state index contributed by atoms with van der Waals surface area (Å²) < 4.78 is 5.20. The van der Waals surface area contributed by atoms with Gasteiger partial charge in [0.2, 0.25) is 0 Å². The molecule has 0 bridgehead atoms. The van der Waals surface area contributed by atoms with Crippen LogP contribution in [0.2, 0.25) is 0 Å². The van der Waals surface area contributed by atoms with Crippen molar-refractivity contribution in [2.45, 2.75) is 69.4 Å². The first kappa shape index (κ1) is 13.7. The van der Waals surface area contributed by atoms with Crippen LogP contribution in [-0.2, 0) is 5.75 Å². The van der Waals surface area contributed by atoms with E-state index in [4.69, 9.17) is 4.52 Å². The Kier molecular flexibility index (Phi) is 4.54. The molecule has 1 aromatic heterocycles. The lowest BCUT2D eigenvalue weighted by atomic mass is 10.0. The van der Waals surface area contributed by atoms with E-state index in [1.54, 1.807) is 0 Å². The summed E-state index contributed by atoms with van der Waals surface area (Å²) in [6.45, 7) is 6.23. The van der Waals surface area contributed by atoms with Gasteiger partial charge in [-0.05, 0) is 33.6 Å². The highest BCUT2D eigenvalue weighted by molar-refractivity contribution is 7.99. The lowest BCUT2D eigenvalue weighted by molar-refractivity contribution is 0.414. The molecule has 1 aliphatic carbocycles. The molecule has 1 saturated carbocycles. The molecule has 0 aliphatic heterocycles. The first-order chi connectivity index (χ1) is 8.53. The zero-order valence-corrected chi connectivity index (χ0v) is 12.3. The van der Waals surface area contributed by atoms with Crippen LogP contribution in [0.3, 0.4) is 0 Å². The van der Waals surface area contributed by atoms with Gasteiger partial charge < -0.3 is 9.84 Å². The summed E-state index contributed by atoms with van der Waals surface area (Å²) in [4.78, 5) is 4.37. The fourth-order valence-corrected chi connectivity index (χ4v) is 3.28. The molecule has 0 unspecified atom stereocenters. The van der Waals surface area contributed by atoms with Gasteiger partial charge in [-0.15, -0.1) is 0 Å². The first-order valence-corrected chi connectivity index (χ1v) is 7.80. The van der Waals surface area contributed by atoms with Gasteiger partial charge in [0.05, 0.1) is 5.75 Å². The average Bonchev–Trinajstić information content (AvgIpc) is 2.73. The van der Waals surface area contributed by atoms with Crippen LogP contribution in [0.25, 0.3) is 0 Å². The SMILES string of the molecule is CC(C)(C)Nc1nc(CSC2CCCCC2)no1. The largest absolute Gasteiger partial charge is 0.333 e. The molecule has 4 nitrogen and oxygen atoms in total. The molecule has 0 aromatic carbocycles. The molecule has 0 atom stereocenters. The van der Waals surface area contributed by atoms with E-state index in [2.05, 4.69) is 36.2 Å². The maximum absolute atomic E-state index is 5.20. The van der Waals surface area contributed by atoms with Crippen LogP contribution in [0, 0.1) is 0 Å². The minimum absolute atomic E-state index is 0.0414.